The predicted octanol–water partition coefficient (Wildman–Crippen LogP) is 0.0442. The van der Waals surface area contributed by atoms with Crippen molar-refractivity contribution in [1.82, 2.24) is 19.7 Å². The van der Waals surface area contributed by atoms with E-state index in [0.29, 0.717) is 5.16 Å². The van der Waals surface area contributed by atoms with Crippen LogP contribution in [-0.4, -0.2) is 25.8 Å². The van der Waals surface area contributed by atoms with Crippen LogP contribution in [-0.2, 0) is 7.05 Å². The van der Waals surface area contributed by atoms with Crippen LogP contribution in [0.1, 0.15) is 17.9 Å². The van der Waals surface area contributed by atoms with Gasteiger partial charge in [0.1, 0.15) is 0 Å². The van der Waals surface area contributed by atoms with Crippen molar-refractivity contribution in [3.63, 3.8) is 0 Å². The SMILES string of the molecule is CC(N)C(Sc1nc(=O)c(=O)[nH]n1C)c1ccccn1. The van der Waals surface area contributed by atoms with Crippen LogP contribution < -0.4 is 16.9 Å². The summed E-state index contributed by atoms with van der Waals surface area (Å²) in [6, 6.07) is 5.36. The molecule has 0 amide bonds. The average Bonchev–Trinajstić information content (AvgIpc) is 2.42. The van der Waals surface area contributed by atoms with Gasteiger partial charge in [0.05, 0.1) is 10.9 Å². The summed E-state index contributed by atoms with van der Waals surface area (Å²) >= 11 is 1.29. The Kier molecular flexibility index (Phi) is 4.35. The third-order valence-corrected chi connectivity index (χ3v) is 4.14. The number of pyridine rings is 1. The third-order valence-electron chi connectivity index (χ3n) is 2.64. The Morgan fingerprint density at radius 3 is 2.75 bits per heavy atom. The van der Waals surface area contributed by atoms with Gasteiger partial charge < -0.3 is 5.73 Å². The van der Waals surface area contributed by atoms with Gasteiger partial charge in [0.15, 0.2) is 5.16 Å². The first-order valence-corrected chi connectivity index (χ1v) is 6.87. The van der Waals surface area contributed by atoms with Crippen molar-refractivity contribution in [2.75, 3.05) is 0 Å². The Labute approximate surface area is 119 Å². The van der Waals surface area contributed by atoms with Gasteiger partial charge in [0, 0.05) is 19.3 Å². The van der Waals surface area contributed by atoms with Gasteiger partial charge in [-0.05, 0) is 19.1 Å². The first-order valence-electron chi connectivity index (χ1n) is 5.99. The summed E-state index contributed by atoms with van der Waals surface area (Å²) in [5, 5.41) is 2.63. The van der Waals surface area contributed by atoms with Crippen LogP contribution in [0.2, 0.25) is 0 Å². The van der Waals surface area contributed by atoms with Gasteiger partial charge in [-0.3, -0.25) is 24.4 Å². The number of hydrogen-bond donors (Lipinski definition) is 2. The van der Waals surface area contributed by atoms with E-state index in [1.54, 1.807) is 13.2 Å². The zero-order valence-corrected chi connectivity index (χ0v) is 11.9. The van der Waals surface area contributed by atoms with Crippen molar-refractivity contribution in [2.24, 2.45) is 12.8 Å². The van der Waals surface area contributed by atoms with Gasteiger partial charge in [0.2, 0.25) is 0 Å². The number of thioether (sulfide) groups is 1. The van der Waals surface area contributed by atoms with Crippen molar-refractivity contribution >= 4 is 11.8 Å². The monoisotopic (exact) mass is 293 g/mol. The molecule has 3 N–H and O–H groups in total. The van der Waals surface area contributed by atoms with Crippen LogP contribution in [0.25, 0.3) is 0 Å². The maximum Gasteiger partial charge on any atom is 0.339 e. The third kappa shape index (κ3) is 3.14. The van der Waals surface area contributed by atoms with Crippen LogP contribution in [0.15, 0.2) is 39.1 Å². The molecule has 0 saturated heterocycles. The number of hydrogen-bond acceptors (Lipinski definition) is 6. The van der Waals surface area contributed by atoms with E-state index in [9.17, 15) is 9.59 Å². The van der Waals surface area contributed by atoms with Crippen molar-refractivity contribution in [1.29, 1.82) is 0 Å². The summed E-state index contributed by atoms with van der Waals surface area (Å²) in [5.41, 5.74) is 5.23. The molecule has 7 nitrogen and oxygen atoms in total. The number of rotatable bonds is 4. The highest BCUT2D eigenvalue weighted by Crippen LogP contribution is 2.33. The van der Waals surface area contributed by atoms with Gasteiger partial charge in [-0.1, -0.05) is 17.8 Å². The molecule has 0 saturated carbocycles. The molecule has 2 unspecified atom stereocenters. The lowest BCUT2D eigenvalue weighted by atomic mass is 10.2. The van der Waals surface area contributed by atoms with Crippen LogP contribution >= 0.6 is 11.8 Å². The molecule has 0 radical (unpaired) electrons. The molecule has 2 rings (SSSR count). The summed E-state index contributed by atoms with van der Waals surface area (Å²) in [6.45, 7) is 1.86. The van der Waals surface area contributed by atoms with E-state index in [1.165, 1.54) is 16.4 Å². The van der Waals surface area contributed by atoms with Crippen molar-refractivity contribution in [3.05, 3.63) is 50.8 Å². The van der Waals surface area contributed by atoms with E-state index in [0.717, 1.165) is 5.69 Å². The van der Waals surface area contributed by atoms with E-state index >= 15 is 0 Å². The van der Waals surface area contributed by atoms with Gasteiger partial charge in [0.25, 0.3) is 0 Å². The van der Waals surface area contributed by atoms with Crippen LogP contribution in [0.4, 0.5) is 0 Å². The average molecular weight is 293 g/mol. The van der Waals surface area contributed by atoms with Gasteiger partial charge in [-0.25, -0.2) is 0 Å². The first-order chi connectivity index (χ1) is 9.49. The topological polar surface area (TPSA) is 107 Å². The number of H-pyrrole nitrogens is 1. The largest absolute Gasteiger partial charge is 0.339 e. The maximum atomic E-state index is 11.4. The molecule has 2 atom stereocenters. The lowest BCUT2D eigenvalue weighted by Crippen LogP contribution is -2.34. The van der Waals surface area contributed by atoms with Crippen molar-refractivity contribution in [2.45, 2.75) is 23.4 Å². The summed E-state index contributed by atoms with van der Waals surface area (Å²) in [6.07, 6.45) is 1.69. The fourth-order valence-corrected chi connectivity index (χ4v) is 2.70. The molecule has 106 valence electrons. The molecule has 0 fully saturated rings. The zero-order chi connectivity index (χ0) is 14.7. The lowest BCUT2D eigenvalue weighted by molar-refractivity contribution is 0.591. The Morgan fingerprint density at radius 2 is 2.15 bits per heavy atom. The summed E-state index contributed by atoms with van der Waals surface area (Å²) in [4.78, 5) is 30.6. The van der Waals surface area contributed by atoms with E-state index in [-0.39, 0.29) is 11.3 Å². The number of nitrogens with two attached hydrogens (primary N) is 1. The van der Waals surface area contributed by atoms with E-state index < -0.39 is 11.1 Å². The molecule has 0 spiro atoms. The van der Waals surface area contributed by atoms with Crippen molar-refractivity contribution < 1.29 is 0 Å². The normalized spacial score (nSPS) is 13.9. The number of nitrogens with one attached hydrogen (secondary N) is 1. The van der Waals surface area contributed by atoms with E-state index in [2.05, 4.69) is 15.1 Å². The maximum absolute atomic E-state index is 11.4. The minimum absolute atomic E-state index is 0.166. The second kappa shape index (κ2) is 6.02. The Balaban J connectivity index is 2.37. The second-order valence-corrected chi connectivity index (χ2v) is 5.46. The molecule has 0 aliphatic heterocycles. The number of aryl methyl sites for hydroxylation is 1. The highest BCUT2D eigenvalue weighted by atomic mass is 32.2. The van der Waals surface area contributed by atoms with Crippen LogP contribution in [0.3, 0.4) is 0 Å². The molecular weight excluding hydrogens is 278 g/mol. The van der Waals surface area contributed by atoms with Gasteiger partial charge in [-0.2, -0.15) is 4.98 Å². The molecule has 2 aromatic rings. The highest BCUT2D eigenvalue weighted by molar-refractivity contribution is 7.99. The Morgan fingerprint density at radius 1 is 1.40 bits per heavy atom. The van der Waals surface area contributed by atoms with E-state index in [4.69, 9.17) is 5.73 Å². The number of aromatic nitrogens is 4. The zero-order valence-electron chi connectivity index (χ0n) is 11.1. The molecule has 0 aromatic carbocycles. The Hall–Kier alpha value is -1.93. The number of aromatic amines is 1. The standard InChI is InChI=1S/C12H15N5O2S/c1-7(13)9(8-5-3-4-6-14-8)20-12-15-10(18)11(19)16-17(12)2/h3-7,9H,13H2,1-2H3,(H,16,19). The molecule has 2 aromatic heterocycles. The summed E-state index contributed by atoms with van der Waals surface area (Å²) < 4.78 is 1.41. The van der Waals surface area contributed by atoms with Crippen LogP contribution in [0, 0.1) is 0 Å². The molecule has 0 aliphatic carbocycles. The molecular formula is C12H15N5O2S. The predicted molar refractivity (Wildman–Crippen MR) is 76.6 cm³/mol. The highest BCUT2D eigenvalue weighted by Gasteiger charge is 2.21. The molecule has 2 heterocycles. The minimum atomic E-state index is -0.810. The molecule has 0 bridgehead atoms. The minimum Gasteiger partial charge on any atom is -0.327 e. The smallest absolute Gasteiger partial charge is 0.327 e. The number of nitrogens with zero attached hydrogens (tertiary/aromatic N) is 3. The fraction of sp³-hybridized carbons (Fsp3) is 0.333. The Bertz CT molecular complexity index is 695. The molecule has 0 aliphatic rings. The van der Waals surface area contributed by atoms with Crippen LogP contribution in [0.5, 0.6) is 0 Å². The first kappa shape index (κ1) is 14.5. The van der Waals surface area contributed by atoms with Gasteiger partial charge >= 0.3 is 11.1 Å². The molecule has 20 heavy (non-hydrogen) atoms. The lowest BCUT2D eigenvalue weighted by Gasteiger charge is -2.19. The molecule has 8 heteroatoms. The van der Waals surface area contributed by atoms with Crippen molar-refractivity contribution in [3.8, 4) is 0 Å². The van der Waals surface area contributed by atoms with Gasteiger partial charge in [-0.15, -0.1) is 0 Å². The summed E-state index contributed by atoms with van der Waals surface area (Å²) in [5.74, 6) is 0. The van der Waals surface area contributed by atoms with E-state index in [1.807, 2.05) is 25.1 Å². The second-order valence-electron chi connectivity index (χ2n) is 4.35. The quantitative estimate of drug-likeness (QED) is 0.609. The summed E-state index contributed by atoms with van der Waals surface area (Å²) in [7, 11) is 1.62. The fourth-order valence-electron chi connectivity index (χ4n) is 1.66.